The number of halogens is 2. The van der Waals surface area contributed by atoms with Crippen LogP contribution in [-0.4, -0.2) is 45.9 Å². The number of ketones is 1. The number of hydrogen-bond acceptors (Lipinski definition) is 6. The predicted octanol–water partition coefficient (Wildman–Crippen LogP) is 4.22. The van der Waals surface area contributed by atoms with Crippen molar-refractivity contribution in [2.45, 2.75) is 24.9 Å². The summed E-state index contributed by atoms with van der Waals surface area (Å²) in [4.78, 5) is 23.8. The van der Waals surface area contributed by atoms with Gasteiger partial charge in [-0.1, -0.05) is 23.9 Å². The van der Waals surface area contributed by atoms with E-state index < -0.39 is 5.82 Å². The third kappa shape index (κ3) is 5.95. The van der Waals surface area contributed by atoms with E-state index in [0.29, 0.717) is 51.8 Å². The molecule has 7 nitrogen and oxygen atoms in total. The van der Waals surface area contributed by atoms with Gasteiger partial charge in [0, 0.05) is 25.5 Å². The highest BCUT2D eigenvalue weighted by atomic mass is 79.9. The molecule has 2 aromatic carbocycles. The number of nitrogens with zero attached hydrogens (tertiary/aromatic N) is 3. The third-order valence-corrected chi connectivity index (χ3v) is 6.10. The maximum Gasteiger partial charge on any atom is 0.216 e. The Labute approximate surface area is 197 Å². The van der Waals surface area contributed by atoms with Gasteiger partial charge in [-0.2, -0.15) is 0 Å². The van der Waals surface area contributed by atoms with Crippen LogP contribution in [0.3, 0.4) is 0 Å². The minimum atomic E-state index is -0.414. The van der Waals surface area contributed by atoms with Gasteiger partial charge in [-0.3, -0.25) is 14.2 Å². The Hall–Kier alpha value is -2.72. The van der Waals surface area contributed by atoms with Crippen LogP contribution in [0.1, 0.15) is 29.5 Å². The Morgan fingerprint density at radius 3 is 2.69 bits per heavy atom. The van der Waals surface area contributed by atoms with Crippen LogP contribution in [0.4, 0.5) is 4.39 Å². The number of carbonyl (C=O) groups is 2. The summed E-state index contributed by atoms with van der Waals surface area (Å²) in [7, 11) is 1.56. The van der Waals surface area contributed by atoms with Gasteiger partial charge in [-0.15, -0.1) is 10.2 Å². The number of amides is 1. The van der Waals surface area contributed by atoms with Crippen molar-refractivity contribution in [3.05, 3.63) is 64.1 Å². The first-order chi connectivity index (χ1) is 15.4. The van der Waals surface area contributed by atoms with Crippen LogP contribution < -0.4 is 10.1 Å². The number of thioether (sulfide) groups is 1. The van der Waals surface area contributed by atoms with Gasteiger partial charge in [0.15, 0.2) is 10.9 Å². The number of rotatable bonds is 10. The van der Waals surface area contributed by atoms with Crippen molar-refractivity contribution in [1.82, 2.24) is 20.1 Å². The summed E-state index contributed by atoms with van der Waals surface area (Å²) >= 11 is 4.58. The molecular weight excluding hydrogens is 499 g/mol. The average Bonchev–Trinajstić information content (AvgIpc) is 3.17. The molecule has 1 amide bonds. The standard InChI is InChI=1S/C22H22BrFN4O3S/c1-14(29)25-11-5-8-21-26-27-22(28(21)18-7-4-3-6-17(18)24)32-13-19(30)15-9-10-20(31-2)16(23)12-15/h3-4,6-7,9-10,12H,5,8,11,13H2,1-2H3,(H,25,29). The summed E-state index contributed by atoms with van der Waals surface area (Å²) in [5.41, 5.74) is 0.840. The first-order valence-electron chi connectivity index (χ1n) is 9.84. The molecule has 0 aliphatic rings. The van der Waals surface area contributed by atoms with Gasteiger partial charge in [0.1, 0.15) is 17.4 Å². The van der Waals surface area contributed by atoms with Gasteiger partial charge in [0.25, 0.3) is 0 Å². The number of methoxy groups -OCH3 is 1. The maximum absolute atomic E-state index is 14.6. The van der Waals surface area contributed by atoms with E-state index in [2.05, 4.69) is 31.4 Å². The lowest BCUT2D eigenvalue weighted by atomic mass is 10.1. The molecular formula is C22H22BrFN4O3S. The quantitative estimate of drug-likeness (QED) is 0.244. The summed E-state index contributed by atoms with van der Waals surface area (Å²) in [6, 6.07) is 11.5. The van der Waals surface area contributed by atoms with Gasteiger partial charge in [0.2, 0.25) is 5.91 Å². The number of nitrogens with one attached hydrogen (secondary N) is 1. The molecule has 0 radical (unpaired) electrons. The van der Waals surface area contributed by atoms with Gasteiger partial charge >= 0.3 is 0 Å². The lowest BCUT2D eigenvalue weighted by Gasteiger charge is -2.11. The van der Waals surface area contributed by atoms with Crippen molar-refractivity contribution in [2.75, 3.05) is 19.4 Å². The summed E-state index contributed by atoms with van der Waals surface area (Å²) in [6.07, 6.45) is 1.11. The van der Waals surface area contributed by atoms with E-state index in [1.165, 1.54) is 24.8 Å². The highest BCUT2D eigenvalue weighted by Crippen LogP contribution is 2.28. The zero-order valence-corrected chi connectivity index (χ0v) is 20.0. The number of para-hydroxylation sites is 1. The van der Waals surface area contributed by atoms with E-state index in [1.54, 1.807) is 48.1 Å². The van der Waals surface area contributed by atoms with Crippen molar-refractivity contribution in [3.8, 4) is 11.4 Å². The lowest BCUT2D eigenvalue weighted by Crippen LogP contribution is -2.21. The molecule has 0 atom stereocenters. The number of aryl methyl sites for hydroxylation is 1. The third-order valence-electron chi connectivity index (χ3n) is 4.55. The molecule has 0 aliphatic carbocycles. The van der Waals surface area contributed by atoms with Crippen LogP contribution in [0.15, 0.2) is 52.1 Å². The molecule has 0 fully saturated rings. The Morgan fingerprint density at radius 1 is 1.22 bits per heavy atom. The van der Waals surface area contributed by atoms with Gasteiger partial charge in [-0.25, -0.2) is 4.39 Å². The molecule has 0 unspecified atom stereocenters. The lowest BCUT2D eigenvalue weighted by molar-refractivity contribution is -0.118. The van der Waals surface area contributed by atoms with Crippen LogP contribution in [0.5, 0.6) is 5.75 Å². The topological polar surface area (TPSA) is 86.1 Å². The van der Waals surface area contributed by atoms with Crippen molar-refractivity contribution in [2.24, 2.45) is 0 Å². The van der Waals surface area contributed by atoms with Crippen LogP contribution >= 0.6 is 27.7 Å². The number of Topliss-reactive ketones (excluding diaryl/α,β-unsaturated/α-hetero) is 1. The average molecular weight is 521 g/mol. The van der Waals surface area contributed by atoms with Gasteiger partial charge in [-0.05, 0) is 52.7 Å². The highest BCUT2D eigenvalue weighted by molar-refractivity contribution is 9.10. The predicted molar refractivity (Wildman–Crippen MR) is 124 cm³/mol. The largest absolute Gasteiger partial charge is 0.496 e. The SMILES string of the molecule is COc1ccc(C(=O)CSc2nnc(CCCNC(C)=O)n2-c2ccccc2F)cc1Br. The molecule has 0 aliphatic heterocycles. The highest BCUT2D eigenvalue weighted by Gasteiger charge is 2.19. The molecule has 32 heavy (non-hydrogen) atoms. The van der Waals surface area contributed by atoms with E-state index in [1.807, 2.05) is 0 Å². The second kappa shape index (κ2) is 11.2. The Morgan fingerprint density at radius 2 is 2.00 bits per heavy atom. The fourth-order valence-electron chi connectivity index (χ4n) is 2.99. The number of benzene rings is 2. The molecule has 3 aromatic rings. The monoisotopic (exact) mass is 520 g/mol. The van der Waals surface area contributed by atoms with Crippen molar-refractivity contribution in [3.63, 3.8) is 0 Å². The molecule has 0 saturated heterocycles. The smallest absolute Gasteiger partial charge is 0.216 e. The molecule has 0 bridgehead atoms. The van der Waals surface area contributed by atoms with Crippen molar-refractivity contribution >= 4 is 39.4 Å². The summed E-state index contributed by atoms with van der Waals surface area (Å²) in [5.74, 6) is 0.675. The summed E-state index contributed by atoms with van der Waals surface area (Å²) in [6.45, 7) is 1.93. The Balaban J connectivity index is 1.79. The molecule has 3 rings (SSSR count). The van der Waals surface area contributed by atoms with Crippen LogP contribution in [0, 0.1) is 5.82 Å². The van der Waals surface area contributed by atoms with E-state index in [9.17, 15) is 14.0 Å². The van der Waals surface area contributed by atoms with E-state index in [4.69, 9.17) is 4.74 Å². The molecule has 0 spiro atoms. The summed E-state index contributed by atoms with van der Waals surface area (Å²) < 4.78 is 22.1. The molecule has 1 N–H and O–H groups in total. The van der Waals surface area contributed by atoms with Gasteiger partial charge < -0.3 is 10.1 Å². The number of ether oxygens (including phenoxy) is 1. The molecule has 1 aromatic heterocycles. The minimum Gasteiger partial charge on any atom is -0.496 e. The summed E-state index contributed by atoms with van der Waals surface area (Å²) in [5, 5.41) is 11.6. The molecule has 10 heteroatoms. The first kappa shape index (κ1) is 23.9. The molecule has 168 valence electrons. The van der Waals surface area contributed by atoms with Gasteiger partial charge in [0.05, 0.1) is 23.0 Å². The zero-order valence-electron chi connectivity index (χ0n) is 17.6. The van der Waals surface area contributed by atoms with Crippen LogP contribution in [0.25, 0.3) is 5.69 Å². The maximum atomic E-state index is 14.6. The second-order valence-electron chi connectivity index (χ2n) is 6.83. The number of aromatic nitrogens is 3. The molecule has 1 heterocycles. The fraction of sp³-hybridized carbons (Fsp3) is 0.273. The molecule has 0 saturated carbocycles. The second-order valence-corrected chi connectivity index (χ2v) is 8.63. The van der Waals surface area contributed by atoms with Crippen molar-refractivity contribution < 1.29 is 18.7 Å². The normalized spacial score (nSPS) is 10.8. The van der Waals surface area contributed by atoms with Crippen LogP contribution in [-0.2, 0) is 11.2 Å². The van der Waals surface area contributed by atoms with E-state index >= 15 is 0 Å². The van der Waals surface area contributed by atoms with E-state index in [0.717, 1.165) is 0 Å². The number of hydrogen-bond donors (Lipinski definition) is 1. The van der Waals surface area contributed by atoms with Crippen LogP contribution in [0.2, 0.25) is 0 Å². The minimum absolute atomic E-state index is 0.103. The van der Waals surface area contributed by atoms with Crippen molar-refractivity contribution in [1.29, 1.82) is 0 Å². The van der Waals surface area contributed by atoms with E-state index in [-0.39, 0.29) is 17.4 Å². The Bertz CT molecular complexity index is 1120. The first-order valence-corrected chi connectivity index (χ1v) is 11.6. The zero-order chi connectivity index (χ0) is 23.1. The fourth-order valence-corrected chi connectivity index (χ4v) is 4.39. The Kier molecular flexibility index (Phi) is 8.40. The number of carbonyl (C=O) groups excluding carboxylic acids is 2.